The lowest BCUT2D eigenvalue weighted by atomic mass is 10.2. The van der Waals surface area contributed by atoms with Gasteiger partial charge >= 0.3 is 0 Å². The molecule has 3 heterocycles. The molecule has 0 spiro atoms. The third-order valence-electron chi connectivity index (χ3n) is 2.80. The molecule has 0 aromatic carbocycles. The lowest BCUT2D eigenvalue weighted by Crippen LogP contribution is -2.05. The van der Waals surface area contributed by atoms with E-state index in [0.29, 0.717) is 18.4 Å². The van der Waals surface area contributed by atoms with Gasteiger partial charge in [-0.2, -0.15) is 10.1 Å². The minimum Gasteiger partial charge on any atom is -0.481 e. The molecule has 0 saturated carbocycles. The van der Waals surface area contributed by atoms with Gasteiger partial charge in [0.05, 0.1) is 12.6 Å². The smallest absolute Gasteiger partial charge is 0.226 e. The van der Waals surface area contributed by atoms with Gasteiger partial charge in [0, 0.05) is 31.2 Å². The number of nitrogens with one attached hydrogen (secondary N) is 1. The fourth-order valence-electron chi connectivity index (χ4n) is 1.88. The van der Waals surface area contributed by atoms with Crippen molar-refractivity contribution in [2.24, 2.45) is 0 Å². The summed E-state index contributed by atoms with van der Waals surface area (Å²) in [4.78, 5) is 8.35. The number of fused-ring (bicyclic) bond motifs is 1. The molecule has 0 aliphatic rings. The van der Waals surface area contributed by atoms with Crippen molar-refractivity contribution in [3.63, 3.8) is 0 Å². The molecule has 6 nitrogen and oxygen atoms in total. The van der Waals surface area contributed by atoms with Crippen LogP contribution in [0.1, 0.15) is 5.56 Å². The monoisotopic (exact) mass is 255 g/mol. The van der Waals surface area contributed by atoms with Crippen molar-refractivity contribution in [3.8, 4) is 5.88 Å². The van der Waals surface area contributed by atoms with Crippen molar-refractivity contribution < 1.29 is 4.74 Å². The van der Waals surface area contributed by atoms with Gasteiger partial charge in [0.25, 0.3) is 0 Å². The van der Waals surface area contributed by atoms with E-state index in [9.17, 15) is 0 Å². The molecule has 0 aliphatic carbocycles. The number of aromatic nitrogens is 4. The SMILES string of the molecule is COc1ccnc(NCc2cccn3nccc23)n1. The van der Waals surface area contributed by atoms with E-state index in [0.717, 1.165) is 11.1 Å². The summed E-state index contributed by atoms with van der Waals surface area (Å²) in [6, 6.07) is 7.69. The van der Waals surface area contributed by atoms with Crippen LogP contribution < -0.4 is 10.1 Å². The maximum absolute atomic E-state index is 5.06. The molecule has 0 amide bonds. The predicted molar refractivity (Wildman–Crippen MR) is 71.1 cm³/mol. The van der Waals surface area contributed by atoms with Crippen LogP contribution in [0.5, 0.6) is 5.88 Å². The molecule has 0 atom stereocenters. The number of nitrogens with zero attached hydrogens (tertiary/aromatic N) is 4. The largest absolute Gasteiger partial charge is 0.481 e. The maximum atomic E-state index is 5.06. The Kier molecular flexibility index (Phi) is 2.97. The van der Waals surface area contributed by atoms with Crippen LogP contribution in [-0.2, 0) is 6.54 Å². The first-order valence-corrected chi connectivity index (χ1v) is 5.89. The average molecular weight is 255 g/mol. The van der Waals surface area contributed by atoms with Gasteiger partial charge in [0.15, 0.2) is 0 Å². The molecule has 0 saturated heterocycles. The first-order chi connectivity index (χ1) is 9.36. The highest BCUT2D eigenvalue weighted by Gasteiger charge is 2.03. The fraction of sp³-hybridized carbons (Fsp3) is 0.154. The Morgan fingerprint density at radius 1 is 1.26 bits per heavy atom. The molecule has 0 radical (unpaired) electrons. The van der Waals surface area contributed by atoms with Gasteiger partial charge in [0.1, 0.15) is 0 Å². The quantitative estimate of drug-likeness (QED) is 0.769. The van der Waals surface area contributed by atoms with Crippen LogP contribution in [0, 0.1) is 0 Å². The van der Waals surface area contributed by atoms with Gasteiger partial charge in [-0.1, -0.05) is 6.07 Å². The maximum Gasteiger partial charge on any atom is 0.226 e. The van der Waals surface area contributed by atoms with Crippen molar-refractivity contribution in [1.82, 2.24) is 19.6 Å². The molecule has 6 heteroatoms. The molecule has 0 fully saturated rings. The van der Waals surface area contributed by atoms with Crippen LogP contribution in [-0.4, -0.2) is 26.7 Å². The molecule has 0 bridgehead atoms. The molecule has 3 rings (SSSR count). The standard InChI is InChI=1S/C13H13N5O/c1-19-12-5-6-14-13(17-12)15-9-10-3-2-8-18-11(10)4-7-16-18/h2-8H,9H2,1H3,(H,14,15,17). The number of ether oxygens (including phenoxy) is 1. The van der Waals surface area contributed by atoms with Crippen LogP contribution in [0.4, 0.5) is 5.95 Å². The van der Waals surface area contributed by atoms with Gasteiger partial charge in [0.2, 0.25) is 11.8 Å². The summed E-state index contributed by atoms with van der Waals surface area (Å²) in [5, 5.41) is 7.37. The van der Waals surface area contributed by atoms with E-state index in [1.54, 1.807) is 25.6 Å². The summed E-state index contributed by atoms with van der Waals surface area (Å²) in [6.45, 7) is 0.628. The molecule has 96 valence electrons. The van der Waals surface area contributed by atoms with Crippen LogP contribution in [0.25, 0.3) is 5.52 Å². The molecule has 0 aliphatic heterocycles. The summed E-state index contributed by atoms with van der Waals surface area (Å²) >= 11 is 0. The van der Waals surface area contributed by atoms with Crippen LogP contribution in [0.15, 0.2) is 42.9 Å². The number of methoxy groups -OCH3 is 1. The highest BCUT2D eigenvalue weighted by atomic mass is 16.5. The Labute approximate surface area is 110 Å². The molecule has 1 N–H and O–H groups in total. The molecular weight excluding hydrogens is 242 g/mol. The first kappa shape index (κ1) is 11.5. The number of hydrogen-bond acceptors (Lipinski definition) is 5. The van der Waals surface area contributed by atoms with Crippen molar-refractivity contribution in [2.75, 3.05) is 12.4 Å². The Bertz CT molecular complexity index is 694. The summed E-state index contributed by atoms with van der Waals surface area (Å²) < 4.78 is 6.90. The normalized spacial score (nSPS) is 10.6. The second-order valence-electron chi connectivity index (χ2n) is 3.97. The number of anilines is 1. The molecular formula is C13H13N5O. The Balaban J connectivity index is 1.80. The number of pyridine rings is 1. The number of hydrogen-bond donors (Lipinski definition) is 1. The lowest BCUT2D eigenvalue weighted by molar-refractivity contribution is 0.397. The summed E-state index contributed by atoms with van der Waals surface area (Å²) in [5.41, 5.74) is 2.20. The zero-order valence-electron chi connectivity index (χ0n) is 10.4. The summed E-state index contributed by atoms with van der Waals surface area (Å²) in [6.07, 6.45) is 5.36. The van der Waals surface area contributed by atoms with Crippen molar-refractivity contribution in [2.45, 2.75) is 6.54 Å². The third-order valence-corrected chi connectivity index (χ3v) is 2.80. The summed E-state index contributed by atoms with van der Waals surface area (Å²) in [5.74, 6) is 1.08. The van der Waals surface area contributed by atoms with E-state index in [1.807, 2.05) is 28.9 Å². The van der Waals surface area contributed by atoms with Crippen molar-refractivity contribution >= 4 is 11.5 Å². The van der Waals surface area contributed by atoms with Gasteiger partial charge in [-0.15, -0.1) is 0 Å². The zero-order valence-corrected chi connectivity index (χ0v) is 10.4. The summed E-state index contributed by atoms with van der Waals surface area (Å²) in [7, 11) is 1.58. The van der Waals surface area contributed by atoms with E-state index in [-0.39, 0.29) is 0 Å². The average Bonchev–Trinajstić information content (AvgIpc) is 2.94. The molecule has 3 aromatic rings. The minimum absolute atomic E-state index is 0.542. The van der Waals surface area contributed by atoms with E-state index in [1.165, 1.54) is 0 Å². The van der Waals surface area contributed by atoms with Gasteiger partial charge in [-0.25, -0.2) is 9.50 Å². The van der Waals surface area contributed by atoms with Gasteiger partial charge < -0.3 is 10.1 Å². The highest BCUT2D eigenvalue weighted by molar-refractivity contribution is 5.54. The zero-order chi connectivity index (χ0) is 13.1. The van der Waals surface area contributed by atoms with E-state index < -0.39 is 0 Å². The first-order valence-electron chi connectivity index (χ1n) is 5.89. The van der Waals surface area contributed by atoms with Crippen LogP contribution in [0.2, 0.25) is 0 Å². The second kappa shape index (κ2) is 4.93. The lowest BCUT2D eigenvalue weighted by Gasteiger charge is -2.07. The van der Waals surface area contributed by atoms with E-state index >= 15 is 0 Å². The van der Waals surface area contributed by atoms with Gasteiger partial charge in [-0.05, 0) is 17.7 Å². The van der Waals surface area contributed by atoms with Crippen LogP contribution >= 0.6 is 0 Å². The van der Waals surface area contributed by atoms with Crippen LogP contribution in [0.3, 0.4) is 0 Å². The fourth-order valence-corrected chi connectivity index (χ4v) is 1.88. The topological polar surface area (TPSA) is 64.3 Å². The Hall–Kier alpha value is -2.63. The minimum atomic E-state index is 0.542. The second-order valence-corrected chi connectivity index (χ2v) is 3.97. The van der Waals surface area contributed by atoms with E-state index in [2.05, 4.69) is 20.4 Å². The molecule has 3 aromatic heterocycles. The Morgan fingerprint density at radius 2 is 2.21 bits per heavy atom. The Morgan fingerprint density at radius 3 is 3.11 bits per heavy atom. The van der Waals surface area contributed by atoms with Crippen molar-refractivity contribution in [3.05, 3.63) is 48.4 Å². The van der Waals surface area contributed by atoms with Gasteiger partial charge in [-0.3, -0.25) is 0 Å². The highest BCUT2D eigenvalue weighted by Crippen LogP contribution is 2.12. The predicted octanol–water partition coefficient (Wildman–Crippen LogP) is 1.74. The third kappa shape index (κ3) is 2.33. The number of rotatable bonds is 4. The van der Waals surface area contributed by atoms with Crippen molar-refractivity contribution in [1.29, 1.82) is 0 Å². The van der Waals surface area contributed by atoms with E-state index in [4.69, 9.17) is 4.74 Å². The molecule has 0 unspecified atom stereocenters. The molecule has 19 heavy (non-hydrogen) atoms.